The first kappa shape index (κ1) is 56.0. The van der Waals surface area contributed by atoms with Crippen LogP contribution in [0.3, 0.4) is 0 Å². The number of hydrogen-bond acceptors (Lipinski definition) is 6. The minimum atomic E-state index is -4.75. The van der Waals surface area contributed by atoms with Crippen molar-refractivity contribution in [3.8, 4) is 0 Å². The van der Waals surface area contributed by atoms with Crippen molar-refractivity contribution in [1.82, 2.24) is 0 Å². The second kappa shape index (κ2) is 44.6. The molecule has 57 heavy (non-hydrogen) atoms. The molecule has 0 amide bonds. The van der Waals surface area contributed by atoms with Crippen molar-refractivity contribution in [2.24, 2.45) is 0 Å². The number of carbonyl (C=O) groups excluding carboxylic acids is 2. The predicted octanol–water partition coefficient (Wildman–Crippen LogP) is 15.6. The molecule has 0 aliphatic rings. The highest BCUT2D eigenvalue weighted by Gasteiger charge is 2.23. The van der Waals surface area contributed by atoms with Gasteiger partial charge >= 0.3 is 19.8 Å². The Hall–Kier alpha value is -0.950. The predicted molar refractivity (Wildman–Crippen MR) is 239 cm³/mol. The number of carbonyl (C=O) groups is 2. The van der Waals surface area contributed by atoms with Gasteiger partial charge in [0.15, 0.2) is 6.10 Å². The van der Waals surface area contributed by atoms with Crippen molar-refractivity contribution in [2.75, 3.05) is 13.2 Å². The quantitative estimate of drug-likeness (QED) is 0.0353. The lowest BCUT2D eigenvalue weighted by molar-refractivity contribution is -0.161. The van der Waals surface area contributed by atoms with Crippen LogP contribution in [0.4, 0.5) is 0 Å². The summed E-state index contributed by atoms with van der Waals surface area (Å²) < 4.78 is 26.5. The van der Waals surface area contributed by atoms with Gasteiger partial charge in [-0.2, -0.15) is 0 Å². The van der Waals surface area contributed by atoms with Crippen molar-refractivity contribution in [2.45, 2.75) is 283 Å². The molecule has 0 rings (SSSR count). The van der Waals surface area contributed by atoms with Crippen molar-refractivity contribution in [3.63, 3.8) is 0 Å². The molecule has 1 atom stereocenters. The average molecular weight is 831 g/mol. The van der Waals surface area contributed by atoms with Crippen LogP contribution in [-0.4, -0.2) is 41.0 Å². The first-order valence-electron chi connectivity index (χ1n) is 24.8. The average Bonchev–Trinajstić information content (AvgIpc) is 3.18. The third-order valence-corrected chi connectivity index (χ3v) is 11.9. The Bertz CT molecular complexity index is 894. The van der Waals surface area contributed by atoms with Crippen LogP contribution in [0.2, 0.25) is 0 Å². The van der Waals surface area contributed by atoms with Gasteiger partial charge in [-0.1, -0.05) is 251 Å². The lowest BCUT2D eigenvalue weighted by Crippen LogP contribution is -2.29. The van der Waals surface area contributed by atoms with E-state index >= 15 is 0 Å². The van der Waals surface area contributed by atoms with Gasteiger partial charge in [0.1, 0.15) is 6.61 Å². The number of ether oxygens (including phenoxy) is 2. The van der Waals surface area contributed by atoms with Gasteiger partial charge < -0.3 is 19.3 Å². The number of rotatable bonds is 47. The summed E-state index contributed by atoms with van der Waals surface area (Å²) in [5.41, 5.74) is 0. The lowest BCUT2D eigenvalue weighted by Gasteiger charge is -2.18. The maximum atomic E-state index is 12.5. The molecule has 2 N–H and O–H groups in total. The van der Waals surface area contributed by atoms with E-state index in [1.165, 1.54) is 212 Å². The van der Waals surface area contributed by atoms with E-state index in [0.717, 1.165) is 32.1 Å². The number of phosphoric acid groups is 1. The number of phosphoric ester groups is 1. The first-order valence-corrected chi connectivity index (χ1v) is 26.4. The monoisotopic (exact) mass is 831 g/mol. The molecule has 0 aromatic heterocycles. The highest BCUT2D eigenvalue weighted by atomic mass is 31.2. The Morgan fingerprint density at radius 1 is 0.386 bits per heavy atom. The molecule has 9 heteroatoms. The molecule has 0 fully saturated rings. The van der Waals surface area contributed by atoms with Gasteiger partial charge in [-0.05, 0) is 12.8 Å². The normalized spacial score (nSPS) is 12.3. The van der Waals surface area contributed by atoms with Crippen LogP contribution in [0.15, 0.2) is 0 Å². The Morgan fingerprint density at radius 3 is 0.895 bits per heavy atom. The molecular formula is C48H95O8P. The maximum Gasteiger partial charge on any atom is 0.469 e. The number of esters is 2. The van der Waals surface area contributed by atoms with Crippen LogP contribution in [0.1, 0.15) is 277 Å². The molecule has 0 unspecified atom stereocenters. The standard InChI is InChI=1S/C48H95O8P/c1-3-5-7-9-11-13-15-17-19-21-22-23-24-25-26-27-29-31-33-35-37-39-41-43-48(50)56-46(45-55-57(51,52)53)44-54-47(49)42-40-38-36-34-32-30-28-20-18-16-14-12-10-8-6-4-2/h46H,3-45H2,1-2H3,(H2,51,52,53)/t46-/m1/s1. The largest absolute Gasteiger partial charge is 0.469 e. The third kappa shape index (κ3) is 47.6. The van der Waals surface area contributed by atoms with E-state index in [4.69, 9.17) is 19.3 Å². The number of hydrogen-bond donors (Lipinski definition) is 2. The van der Waals surface area contributed by atoms with E-state index in [0.29, 0.717) is 6.42 Å². The highest BCUT2D eigenvalue weighted by molar-refractivity contribution is 7.46. The van der Waals surface area contributed by atoms with E-state index in [1.54, 1.807) is 0 Å². The summed E-state index contributed by atoms with van der Waals surface area (Å²) in [6.45, 7) is 3.75. The van der Waals surface area contributed by atoms with Crippen molar-refractivity contribution in [3.05, 3.63) is 0 Å². The Morgan fingerprint density at radius 2 is 0.632 bits per heavy atom. The van der Waals surface area contributed by atoms with E-state index in [1.807, 2.05) is 0 Å². The van der Waals surface area contributed by atoms with E-state index < -0.39 is 32.5 Å². The molecule has 0 aliphatic heterocycles. The summed E-state index contributed by atoms with van der Waals surface area (Å²) in [4.78, 5) is 43.0. The van der Waals surface area contributed by atoms with E-state index in [2.05, 4.69) is 18.4 Å². The molecule has 0 radical (unpaired) electrons. The smallest absolute Gasteiger partial charge is 0.462 e. The zero-order valence-electron chi connectivity index (χ0n) is 37.8. The second-order valence-corrected chi connectivity index (χ2v) is 18.4. The van der Waals surface area contributed by atoms with Gasteiger partial charge in [0.05, 0.1) is 6.61 Å². The van der Waals surface area contributed by atoms with Gasteiger partial charge in [0.2, 0.25) is 0 Å². The fourth-order valence-corrected chi connectivity index (χ4v) is 8.03. The van der Waals surface area contributed by atoms with Gasteiger partial charge in [-0.3, -0.25) is 14.1 Å². The molecule has 0 heterocycles. The maximum absolute atomic E-state index is 12.5. The van der Waals surface area contributed by atoms with Gasteiger partial charge in [0, 0.05) is 12.8 Å². The molecule has 0 bridgehead atoms. The second-order valence-electron chi connectivity index (χ2n) is 17.2. The van der Waals surface area contributed by atoms with Crippen LogP contribution >= 0.6 is 7.82 Å². The van der Waals surface area contributed by atoms with Gasteiger partial charge in [-0.15, -0.1) is 0 Å². The van der Waals surface area contributed by atoms with E-state index in [-0.39, 0.29) is 19.4 Å². The van der Waals surface area contributed by atoms with Crippen LogP contribution in [-0.2, 0) is 28.2 Å². The fraction of sp³-hybridized carbons (Fsp3) is 0.958. The minimum Gasteiger partial charge on any atom is -0.462 e. The summed E-state index contributed by atoms with van der Waals surface area (Å²) >= 11 is 0. The minimum absolute atomic E-state index is 0.221. The van der Waals surface area contributed by atoms with Gasteiger partial charge in [-0.25, -0.2) is 4.57 Å². The molecule has 0 aromatic carbocycles. The van der Waals surface area contributed by atoms with Crippen LogP contribution < -0.4 is 0 Å². The zero-order valence-corrected chi connectivity index (χ0v) is 38.7. The van der Waals surface area contributed by atoms with Crippen molar-refractivity contribution >= 4 is 19.8 Å². The first-order chi connectivity index (χ1) is 27.8. The molecule has 0 aromatic rings. The molecule has 0 spiro atoms. The zero-order chi connectivity index (χ0) is 41.8. The summed E-state index contributed by atoms with van der Waals surface area (Å²) in [5, 5.41) is 0. The Labute approximate surface area is 353 Å². The summed E-state index contributed by atoms with van der Waals surface area (Å²) in [7, 11) is -4.75. The third-order valence-electron chi connectivity index (χ3n) is 11.4. The molecule has 340 valence electrons. The number of unbranched alkanes of at least 4 members (excludes halogenated alkanes) is 37. The van der Waals surface area contributed by atoms with Crippen LogP contribution in [0.25, 0.3) is 0 Å². The lowest BCUT2D eigenvalue weighted by atomic mass is 10.0. The van der Waals surface area contributed by atoms with Crippen molar-refractivity contribution < 1.29 is 37.9 Å². The Kier molecular flexibility index (Phi) is 43.9. The van der Waals surface area contributed by atoms with Gasteiger partial charge in [0.25, 0.3) is 0 Å². The molecule has 8 nitrogen and oxygen atoms in total. The molecule has 0 saturated heterocycles. The van der Waals surface area contributed by atoms with Crippen LogP contribution in [0, 0.1) is 0 Å². The molecule has 0 aliphatic carbocycles. The Balaban J connectivity index is 3.75. The van der Waals surface area contributed by atoms with Crippen LogP contribution in [0.5, 0.6) is 0 Å². The summed E-state index contributed by atoms with van der Waals surface area (Å²) in [5.74, 6) is -0.862. The summed E-state index contributed by atoms with van der Waals surface area (Å²) in [6.07, 6.45) is 49.8. The summed E-state index contributed by atoms with van der Waals surface area (Å²) in [6, 6.07) is 0. The fourth-order valence-electron chi connectivity index (χ4n) is 7.67. The molecule has 0 saturated carbocycles. The highest BCUT2D eigenvalue weighted by Crippen LogP contribution is 2.36. The van der Waals surface area contributed by atoms with Crippen molar-refractivity contribution in [1.29, 1.82) is 0 Å². The topological polar surface area (TPSA) is 119 Å². The SMILES string of the molecule is CCCCCCCCCCCCCCCCCCCCCCCCCC(=O)O[C@H](COC(=O)CCCCCCCCCCCCCCCCCC)COP(=O)(O)O. The van der Waals surface area contributed by atoms with E-state index in [9.17, 15) is 14.2 Å². The molecular weight excluding hydrogens is 735 g/mol.